The van der Waals surface area contributed by atoms with Gasteiger partial charge < -0.3 is 14.2 Å². The number of ether oxygens (including phenoxy) is 3. The van der Waals surface area contributed by atoms with Crippen molar-refractivity contribution in [1.29, 1.82) is 0 Å². The van der Waals surface area contributed by atoms with Crippen LogP contribution in [0.2, 0.25) is 0 Å². The molecule has 4 fully saturated rings. The van der Waals surface area contributed by atoms with E-state index in [4.69, 9.17) is 9.47 Å². The Labute approximate surface area is 215 Å². The van der Waals surface area contributed by atoms with E-state index in [-0.39, 0.29) is 17.2 Å². The maximum absolute atomic E-state index is 13.3. The highest BCUT2D eigenvalue weighted by atomic mass is 19.4. The number of rotatable bonds is 7. The lowest BCUT2D eigenvalue weighted by Crippen LogP contribution is -2.47. The smallest absolute Gasteiger partial charge is 0.483 e. The topological polar surface area (TPSA) is 44.8 Å². The molecule has 6 rings (SSSR count). The average molecular weight is 515 g/mol. The van der Waals surface area contributed by atoms with Crippen molar-refractivity contribution >= 4 is 5.97 Å². The van der Waals surface area contributed by atoms with E-state index in [0.29, 0.717) is 24.0 Å². The zero-order valence-electron chi connectivity index (χ0n) is 21.2. The summed E-state index contributed by atoms with van der Waals surface area (Å²) in [7, 11) is 0. The number of halogens is 3. The van der Waals surface area contributed by atoms with Crippen LogP contribution in [0.5, 0.6) is 17.2 Å². The molecule has 4 aliphatic carbocycles. The van der Waals surface area contributed by atoms with Crippen molar-refractivity contribution in [3.63, 3.8) is 0 Å². The molecule has 4 nitrogen and oxygen atoms in total. The summed E-state index contributed by atoms with van der Waals surface area (Å²) in [5, 5.41) is 0. The Kier molecular flexibility index (Phi) is 5.96. The molecule has 8 atom stereocenters. The molecule has 0 heterocycles. The van der Waals surface area contributed by atoms with Crippen LogP contribution in [0.15, 0.2) is 48.5 Å². The van der Waals surface area contributed by atoms with Crippen LogP contribution >= 0.6 is 0 Å². The lowest BCUT2D eigenvalue weighted by Gasteiger charge is -2.46. The molecule has 37 heavy (non-hydrogen) atoms. The number of alkyl halides is 3. The van der Waals surface area contributed by atoms with Gasteiger partial charge in [0.15, 0.2) is 11.5 Å². The lowest BCUT2D eigenvalue weighted by molar-refractivity contribution is -0.275. The standard InChI is InChI=1S/C30H33F3O4/c1-3-29(2,23-15-20-14-22(23)27-18-10-9-17(13-18)26(20)27)36-25-16-19(11-12-24(25)37-30(31,32)33)28(34)35-21-7-5-4-6-8-21/h4-8,11-12,16-18,20,22-23,26-27H,3,9-10,13-15H2,1-2H3. The molecule has 0 aromatic heterocycles. The van der Waals surface area contributed by atoms with Crippen LogP contribution in [0.4, 0.5) is 13.2 Å². The first-order chi connectivity index (χ1) is 17.6. The Morgan fingerprint density at radius 3 is 2.32 bits per heavy atom. The van der Waals surface area contributed by atoms with Crippen LogP contribution < -0.4 is 14.2 Å². The fourth-order valence-corrected chi connectivity index (χ4v) is 8.51. The third kappa shape index (κ3) is 4.38. The number of fused-ring (bicyclic) bond motifs is 9. The first-order valence-corrected chi connectivity index (χ1v) is 13.5. The average Bonchev–Trinajstić information content (AvgIpc) is 3.65. The minimum atomic E-state index is -4.88. The minimum Gasteiger partial charge on any atom is -0.483 e. The van der Waals surface area contributed by atoms with E-state index < -0.39 is 23.7 Å². The van der Waals surface area contributed by atoms with Crippen molar-refractivity contribution in [3.05, 3.63) is 54.1 Å². The molecule has 0 spiro atoms. The van der Waals surface area contributed by atoms with Crippen LogP contribution in [0, 0.1) is 41.4 Å². The van der Waals surface area contributed by atoms with Crippen molar-refractivity contribution in [3.8, 4) is 17.2 Å². The molecule has 7 heteroatoms. The Morgan fingerprint density at radius 1 is 0.892 bits per heavy atom. The summed E-state index contributed by atoms with van der Waals surface area (Å²) < 4.78 is 56.1. The van der Waals surface area contributed by atoms with Crippen LogP contribution in [0.1, 0.15) is 62.7 Å². The van der Waals surface area contributed by atoms with Crippen molar-refractivity contribution in [2.45, 2.75) is 64.3 Å². The number of para-hydroxylation sites is 1. The van der Waals surface area contributed by atoms with E-state index in [9.17, 15) is 18.0 Å². The van der Waals surface area contributed by atoms with E-state index >= 15 is 0 Å². The number of carbonyl (C=O) groups is 1. The van der Waals surface area contributed by atoms with Crippen LogP contribution in [0.3, 0.4) is 0 Å². The molecule has 0 aliphatic heterocycles. The second-order valence-corrected chi connectivity index (χ2v) is 11.7. The molecule has 0 radical (unpaired) electrons. The summed E-state index contributed by atoms with van der Waals surface area (Å²) in [5.41, 5.74) is -0.564. The Bertz CT molecular complexity index is 1170. The molecule has 8 unspecified atom stereocenters. The fourth-order valence-electron chi connectivity index (χ4n) is 8.51. The third-order valence-corrected chi connectivity index (χ3v) is 9.92. The normalized spacial score (nSPS) is 33.2. The van der Waals surface area contributed by atoms with Crippen molar-refractivity contribution < 1.29 is 32.2 Å². The van der Waals surface area contributed by atoms with Gasteiger partial charge in [-0.25, -0.2) is 4.79 Å². The number of hydrogen-bond acceptors (Lipinski definition) is 4. The second-order valence-electron chi connectivity index (χ2n) is 11.7. The van der Waals surface area contributed by atoms with E-state index in [1.807, 2.05) is 13.8 Å². The molecule has 2 aromatic carbocycles. The van der Waals surface area contributed by atoms with Crippen LogP contribution in [-0.2, 0) is 0 Å². The zero-order valence-corrected chi connectivity index (χ0v) is 21.2. The molecule has 4 saturated carbocycles. The molecular weight excluding hydrogens is 481 g/mol. The van der Waals surface area contributed by atoms with E-state index in [1.54, 1.807) is 30.3 Å². The van der Waals surface area contributed by atoms with E-state index in [2.05, 4.69) is 4.74 Å². The summed E-state index contributed by atoms with van der Waals surface area (Å²) in [6.07, 6.45) is 2.08. The van der Waals surface area contributed by atoms with Gasteiger partial charge in [-0.2, -0.15) is 0 Å². The number of carbonyl (C=O) groups excluding carboxylic acids is 1. The highest BCUT2D eigenvalue weighted by Gasteiger charge is 2.64. The summed E-state index contributed by atoms with van der Waals surface area (Å²) in [6.45, 7) is 4.05. The van der Waals surface area contributed by atoms with Gasteiger partial charge in [-0.1, -0.05) is 25.1 Å². The Balaban J connectivity index is 1.28. The minimum absolute atomic E-state index is 0.0727. The van der Waals surface area contributed by atoms with Gasteiger partial charge in [0.2, 0.25) is 0 Å². The number of benzene rings is 2. The Hall–Kier alpha value is -2.70. The maximum Gasteiger partial charge on any atom is 0.573 e. The van der Waals surface area contributed by atoms with Gasteiger partial charge >= 0.3 is 12.3 Å². The predicted octanol–water partition coefficient (Wildman–Crippen LogP) is 7.67. The number of esters is 1. The highest BCUT2D eigenvalue weighted by Crippen LogP contribution is 2.70. The maximum atomic E-state index is 13.3. The first kappa shape index (κ1) is 24.6. The molecule has 2 aromatic rings. The van der Waals surface area contributed by atoms with Gasteiger partial charge in [0.25, 0.3) is 0 Å². The summed E-state index contributed by atoms with van der Waals surface area (Å²) in [6, 6.07) is 12.3. The molecule has 4 aliphatic rings. The van der Waals surface area contributed by atoms with Gasteiger partial charge in [-0.3, -0.25) is 0 Å². The molecule has 0 saturated heterocycles. The van der Waals surface area contributed by atoms with Gasteiger partial charge in [0, 0.05) is 5.92 Å². The summed E-state index contributed by atoms with van der Waals surface area (Å²) in [5.74, 6) is 3.92. The van der Waals surface area contributed by atoms with Gasteiger partial charge in [0.1, 0.15) is 11.4 Å². The molecular formula is C30H33F3O4. The lowest BCUT2D eigenvalue weighted by atomic mass is 9.63. The molecule has 198 valence electrons. The predicted molar refractivity (Wildman–Crippen MR) is 131 cm³/mol. The Morgan fingerprint density at radius 2 is 1.62 bits per heavy atom. The number of hydrogen-bond donors (Lipinski definition) is 0. The fraction of sp³-hybridized carbons (Fsp3) is 0.567. The SMILES string of the molecule is CCC(C)(Oc1cc(C(=O)Oc2ccccc2)ccc1OC(F)(F)F)C1CC2CC1C1C3CCC(C3)C21. The van der Waals surface area contributed by atoms with Gasteiger partial charge in [0.05, 0.1) is 5.56 Å². The third-order valence-electron chi connectivity index (χ3n) is 9.92. The quantitative estimate of drug-likeness (QED) is 0.216. The second kappa shape index (κ2) is 8.95. The largest absolute Gasteiger partial charge is 0.573 e. The van der Waals surface area contributed by atoms with Crippen molar-refractivity contribution in [2.24, 2.45) is 41.4 Å². The molecule has 0 N–H and O–H groups in total. The summed E-state index contributed by atoms with van der Waals surface area (Å²) >= 11 is 0. The van der Waals surface area contributed by atoms with E-state index in [0.717, 1.165) is 36.2 Å². The monoisotopic (exact) mass is 514 g/mol. The first-order valence-electron chi connectivity index (χ1n) is 13.5. The van der Waals surface area contributed by atoms with Crippen LogP contribution in [-0.4, -0.2) is 17.9 Å². The molecule has 0 amide bonds. The van der Waals surface area contributed by atoms with Crippen molar-refractivity contribution in [1.82, 2.24) is 0 Å². The van der Waals surface area contributed by atoms with Crippen LogP contribution in [0.25, 0.3) is 0 Å². The zero-order chi connectivity index (χ0) is 25.9. The van der Waals surface area contributed by atoms with Gasteiger partial charge in [-0.05, 0) is 111 Å². The van der Waals surface area contributed by atoms with Gasteiger partial charge in [-0.15, -0.1) is 13.2 Å². The summed E-state index contributed by atoms with van der Waals surface area (Å²) in [4.78, 5) is 12.8. The highest BCUT2D eigenvalue weighted by molar-refractivity contribution is 5.91. The molecule has 4 bridgehead atoms. The van der Waals surface area contributed by atoms with E-state index in [1.165, 1.54) is 37.8 Å². The van der Waals surface area contributed by atoms with Crippen molar-refractivity contribution in [2.75, 3.05) is 0 Å².